The lowest BCUT2D eigenvalue weighted by molar-refractivity contribution is 0.0982. The van der Waals surface area contributed by atoms with Crippen molar-refractivity contribution in [2.75, 3.05) is 0 Å². The van der Waals surface area contributed by atoms with Crippen molar-refractivity contribution < 1.29 is 4.79 Å². The highest BCUT2D eigenvalue weighted by atomic mass is 35.5. The van der Waals surface area contributed by atoms with Crippen molar-refractivity contribution in [2.45, 2.75) is 33.6 Å². The third kappa shape index (κ3) is 2.54. The SMILES string of the molecule is CCC(=O)c1nnn(-c2cc(Cl)ccc2C)c1CC. The van der Waals surface area contributed by atoms with Gasteiger partial charge in [-0.2, -0.15) is 0 Å². The summed E-state index contributed by atoms with van der Waals surface area (Å²) in [5.41, 5.74) is 3.20. The van der Waals surface area contributed by atoms with Crippen molar-refractivity contribution >= 4 is 17.4 Å². The molecule has 100 valence electrons. The molecule has 0 radical (unpaired) electrons. The zero-order valence-electron chi connectivity index (χ0n) is 11.3. The fourth-order valence-electron chi connectivity index (χ4n) is 2.01. The molecule has 0 unspecified atom stereocenters. The predicted molar refractivity (Wildman–Crippen MR) is 75.1 cm³/mol. The van der Waals surface area contributed by atoms with Crippen molar-refractivity contribution in [3.05, 3.63) is 40.2 Å². The highest BCUT2D eigenvalue weighted by Crippen LogP contribution is 2.22. The standard InChI is InChI=1S/C14H16ClN3O/c1-4-11-14(13(19)5-2)16-17-18(11)12-8-10(15)7-6-9(12)3/h6-8H,4-5H2,1-3H3. The molecule has 1 aromatic heterocycles. The lowest BCUT2D eigenvalue weighted by Crippen LogP contribution is -2.07. The van der Waals surface area contributed by atoms with Gasteiger partial charge in [0.1, 0.15) is 0 Å². The number of ketones is 1. The average Bonchev–Trinajstić information content (AvgIpc) is 2.84. The molecule has 0 aliphatic rings. The number of hydrogen-bond acceptors (Lipinski definition) is 3. The van der Waals surface area contributed by atoms with Gasteiger partial charge in [0.05, 0.1) is 11.4 Å². The van der Waals surface area contributed by atoms with E-state index in [1.54, 1.807) is 4.68 Å². The third-order valence-electron chi connectivity index (χ3n) is 3.08. The van der Waals surface area contributed by atoms with Crippen LogP contribution < -0.4 is 0 Å². The second-order valence-electron chi connectivity index (χ2n) is 4.36. The van der Waals surface area contributed by atoms with E-state index in [1.165, 1.54) is 0 Å². The van der Waals surface area contributed by atoms with Crippen LogP contribution in [-0.4, -0.2) is 20.8 Å². The number of Topliss-reactive ketones (excluding diaryl/α,β-unsaturated/α-hetero) is 1. The summed E-state index contributed by atoms with van der Waals surface area (Å²) in [6, 6.07) is 5.60. The average molecular weight is 278 g/mol. The van der Waals surface area contributed by atoms with Crippen molar-refractivity contribution in [1.82, 2.24) is 15.0 Å². The molecule has 1 heterocycles. The van der Waals surface area contributed by atoms with Gasteiger partial charge in [-0.25, -0.2) is 4.68 Å². The van der Waals surface area contributed by atoms with Crippen LogP contribution in [0.1, 0.15) is 42.0 Å². The van der Waals surface area contributed by atoms with E-state index < -0.39 is 0 Å². The Morgan fingerprint density at radius 3 is 2.74 bits per heavy atom. The van der Waals surface area contributed by atoms with Gasteiger partial charge in [0.25, 0.3) is 0 Å². The molecule has 4 nitrogen and oxygen atoms in total. The molecule has 0 fully saturated rings. The summed E-state index contributed by atoms with van der Waals surface area (Å²) in [7, 11) is 0. The number of benzene rings is 1. The molecule has 2 aromatic rings. The quantitative estimate of drug-likeness (QED) is 0.805. The van der Waals surface area contributed by atoms with Crippen LogP contribution in [0.5, 0.6) is 0 Å². The number of hydrogen-bond donors (Lipinski definition) is 0. The van der Waals surface area contributed by atoms with Gasteiger partial charge in [0.15, 0.2) is 11.5 Å². The zero-order chi connectivity index (χ0) is 14.0. The second kappa shape index (κ2) is 5.53. The van der Waals surface area contributed by atoms with Crippen molar-refractivity contribution in [3.8, 4) is 5.69 Å². The smallest absolute Gasteiger partial charge is 0.184 e. The van der Waals surface area contributed by atoms with E-state index >= 15 is 0 Å². The molecule has 0 aliphatic heterocycles. The Bertz CT molecular complexity index is 619. The van der Waals surface area contributed by atoms with Crippen LogP contribution >= 0.6 is 11.6 Å². The largest absolute Gasteiger partial charge is 0.292 e. The highest BCUT2D eigenvalue weighted by molar-refractivity contribution is 6.30. The molecule has 0 saturated carbocycles. The maximum Gasteiger partial charge on any atom is 0.184 e. The van der Waals surface area contributed by atoms with E-state index in [9.17, 15) is 4.79 Å². The number of halogens is 1. The summed E-state index contributed by atoms with van der Waals surface area (Å²) >= 11 is 6.03. The molecule has 0 N–H and O–H groups in total. The molecular formula is C14H16ClN3O. The summed E-state index contributed by atoms with van der Waals surface area (Å²) < 4.78 is 1.71. The number of nitrogens with zero attached hydrogens (tertiary/aromatic N) is 3. The number of aryl methyl sites for hydroxylation is 1. The number of aromatic nitrogens is 3. The van der Waals surface area contributed by atoms with Crippen LogP contribution in [0.25, 0.3) is 5.69 Å². The number of carbonyl (C=O) groups is 1. The Balaban J connectivity index is 2.60. The molecule has 0 saturated heterocycles. The summed E-state index contributed by atoms with van der Waals surface area (Å²) in [6.45, 7) is 5.79. The molecule has 1 aromatic carbocycles. The van der Waals surface area contributed by atoms with E-state index in [0.717, 1.165) is 16.9 Å². The van der Waals surface area contributed by atoms with Gasteiger partial charge < -0.3 is 0 Å². The first-order valence-corrected chi connectivity index (χ1v) is 6.70. The van der Waals surface area contributed by atoms with Crippen molar-refractivity contribution in [1.29, 1.82) is 0 Å². The van der Waals surface area contributed by atoms with Gasteiger partial charge in [-0.15, -0.1) is 5.10 Å². The van der Waals surface area contributed by atoms with Crippen LogP contribution in [0.4, 0.5) is 0 Å². The fourth-order valence-corrected chi connectivity index (χ4v) is 2.17. The molecule has 19 heavy (non-hydrogen) atoms. The van der Waals surface area contributed by atoms with Crippen LogP contribution in [0.15, 0.2) is 18.2 Å². The van der Waals surface area contributed by atoms with Gasteiger partial charge in [0.2, 0.25) is 0 Å². The Kier molecular flexibility index (Phi) is 4.00. The Labute approximate surface area is 117 Å². The molecule has 5 heteroatoms. The van der Waals surface area contributed by atoms with Gasteiger partial charge in [0, 0.05) is 11.4 Å². The maximum atomic E-state index is 11.8. The molecule has 0 spiro atoms. The first kappa shape index (κ1) is 13.7. The van der Waals surface area contributed by atoms with Gasteiger partial charge in [-0.1, -0.05) is 36.7 Å². The minimum atomic E-state index is 0.0165. The third-order valence-corrected chi connectivity index (χ3v) is 3.32. The van der Waals surface area contributed by atoms with E-state index in [4.69, 9.17) is 11.6 Å². The molecule has 0 aliphatic carbocycles. The topological polar surface area (TPSA) is 47.8 Å². The molecular weight excluding hydrogens is 262 g/mol. The fraction of sp³-hybridized carbons (Fsp3) is 0.357. The maximum absolute atomic E-state index is 11.8. The van der Waals surface area contributed by atoms with Crippen LogP contribution in [0.3, 0.4) is 0 Å². The van der Waals surface area contributed by atoms with Gasteiger partial charge in [-0.3, -0.25) is 4.79 Å². The second-order valence-corrected chi connectivity index (χ2v) is 4.79. The van der Waals surface area contributed by atoms with E-state index in [2.05, 4.69) is 10.3 Å². The minimum absolute atomic E-state index is 0.0165. The van der Waals surface area contributed by atoms with E-state index in [1.807, 2.05) is 39.0 Å². The van der Waals surface area contributed by atoms with Gasteiger partial charge in [-0.05, 0) is 31.0 Å². The van der Waals surface area contributed by atoms with Gasteiger partial charge >= 0.3 is 0 Å². The summed E-state index contributed by atoms with van der Waals surface area (Å²) in [5.74, 6) is 0.0165. The molecule has 0 amide bonds. The van der Waals surface area contributed by atoms with E-state index in [-0.39, 0.29) is 5.78 Å². The zero-order valence-corrected chi connectivity index (χ0v) is 12.0. The molecule has 2 rings (SSSR count). The summed E-state index contributed by atoms with van der Waals surface area (Å²) in [5, 5.41) is 8.78. The Morgan fingerprint density at radius 1 is 1.37 bits per heavy atom. The summed E-state index contributed by atoms with van der Waals surface area (Å²) in [6.07, 6.45) is 1.13. The first-order chi connectivity index (χ1) is 9.08. The van der Waals surface area contributed by atoms with Crippen molar-refractivity contribution in [3.63, 3.8) is 0 Å². The number of carbonyl (C=O) groups excluding carboxylic acids is 1. The normalized spacial score (nSPS) is 10.7. The highest BCUT2D eigenvalue weighted by Gasteiger charge is 2.18. The van der Waals surface area contributed by atoms with Crippen molar-refractivity contribution in [2.24, 2.45) is 0 Å². The minimum Gasteiger partial charge on any atom is -0.292 e. The summed E-state index contributed by atoms with van der Waals surface area (Å²) in [4.78, 5) is 11.8. The Morgan fingerprint density at radius 2 is 2.11 bits per heavy atom. The lowest BCUT2D eigenvalue weighted by atomic mass is 10.1. The number of rotatable bonds is 4. The van der Waals surface area contributed by atoms with Crippen LogP contribution in [0, 0.1) is 6.92 Å². The molecule has 0 bridgehead atoms. The van der Waals surface area contributed by atoms with Crippen LogP contribution in [-0.2, 0) is 6.42 Å². The Hall–Kier alpha value is -1.68. The first-order valence-electron chi connectivity index (χ1n) is 6.32. The lowest BCUT2D eigenvalue weighted by Gasteiger charge is -2.09. The van der Waals surface area contributed by atoms with Crippen LogP contribution in [0.2, 0.25) is 5.02 Å². The van der Waals surface area contributed by atoms with E-state index in [0.29, 0.717) is 23.6 Å². The monoisotopic (exact) mass is 277 g/mol. The predicted octanol–water partition coefficient (Wildman–Crippen LogP) is 3.38. The molecule has 0 atom stereocenters.